The molecule has 2 aromatic rings. The van der Waals surface area contributed by atoms with Gasteiger partial charge in [-0.15, -0.1) is 0 Å². The molecule has 1 aromatic heterocycles. The largest absolute Gasteiger partial charge is 0.465 e. The van der Waals surface area contributed by atoms with Gasteiger partial charge in [-0.3, -0.25) is 4.79 Å². The van der Waals surface area contributed by atoms with Crippen LogP contribution in [0.1, 0.15) is 15.9 Å². The number of anilines is 1. The molecule has 0 unspecified atom stereocenters. The van der Waals surface area contributed by atoms with E-state index < -0.39 is 5.97 Å². The summed E-state index contributed by atoms with van der Waals surface area (Å²) in [5.41, 5.74) is 1.24. The van der Waals surface area contributed by atoms with E-state index >= 15 is 0 Å². The van der Waals surface area contributed by atoms with Crippen LogP contribution >= 0.6 is 15.9 Å². The van der Waals surface area contributed by atoms with Crippen molar-refractivity contribution < 1.29 is 14.3 Å². The molecule has 1 amide bonds. The maximum Gasteiger partial charge on any atom is 0.339 e. The van der Waals surface area contributed by atoms with Crippen molar-refractivity contribution in [3.63, 3.8) is 0 Å². The van der Waals surface area contributed by atoms with E-state index in [-0.39, 0.29) is 12.3 Å². The molecule has 0 saturated carbocycles. The van der Waals surface area contributed by atoms with Crippen molar-refractivity contribution in [3.8, 4) is 0 Å². The molecule has 6 heteroatoms. The van der Waals surface area contributed by atoms with E-state index in [1.54, 1.807) is 12.1 Å². The highest BCUT2D eigenvalue weighted by Gasteiger charge is 2.08. The van der Waals surface area contributed by atoms with E-state index in [1.807, 2.05) is 24.3 Å². The van der Waals surface area contributed by atoms with Gasteiger partial charge in [-0.05, 0) is 29.8 Å². The van der Waals surface area contributed by atoms with Crippen LogP contribution in [0.15, 0.2) is 47.1 Å². The molecule has 21 heavy (non-hydrogen) atoms. The number of aromatic nitrogens is 1. The van der Waals surface area contributed by atoms with Gasteiger partial charge in [0.25, 0.3) is 0 Å². The normalized spacial score (nSPS) is 10.0. The molecule has 0 aliphatic heterocycles. The van der Waals surface area contributed by atoms with Gasteiger partial charge in [0.15, 0.2) is 0 Å². The van der Waals surface area contributed by atoms with E-state index in [1.165, 1.54) is 13.3 Å². The lowest BCUT2D eigenvalue weighted by Crippen LogP contribution is -2.15. The van der Waals surface area contributed by atoms with Crippen LogP contribution in [0.2, 0.25) is 0 Å². The number of amides is 1. The molecule has 1 N–H and O–H groups in total. The van der Waals surface area contributed by atoms with E-state index in [0.717, 1.165) is 10.0 Å². The third-order valence-corrected chi connectivity index (χ3v) is 3.26. The molecule has 108 valence electrons. The van der Waals surface area contributed by atoms with E-state index in [0.29, 0.717) is 11.4 Å². The van der Waals surface area contributed by atoms with Crippen molar-refractivity contribution in [2.75, 3.05) is 12.4 Å². The van der Waals surface area contributed by atoms with Crippen LogP contribution in [0.25, 0.3) is 0 Å². The summed E-state index contributed by atoms with van der Waals surface area (Å²) < 4.78 is 5.54. The highest BCUT2D eigenvalue weighted by molar-refractivity contribution is 9.10. The minimum atomic E-state index is -0.463. The molecular formula is C15H13BrN2O3. The molecule has 2 rings (SSSR count). The fraction of sp³-hybridized carbons (Fsp3) is 0.133. The van der Waals surface area contributed by atoms with Crippen LogP contribution in [0.3, 0.4) is 0 Å². The SMILES string of the molecule is COC(=O)c1ccc(NC(=O)Cc2ccc(Br)cc2)nc1. The summed E-state index contributed by atoms with van der Waals surface area (Å²) in [6.07, 6.45) is 1.62. The number of carbonyl (C=O) groups is 2. The average Bonchev–Trinajstić information content (AvgIpc) is 2.49. The number of nitrogens with zero attached hydrogens (tertiary/aromatic N) is 1. The predicted octanol–water partition coefficient (Wildman–Crippen LogP) is 2.81. The molecule has 0 aliphatic carbocycles. The number of nitrogens with one attached hydrogen (secondary N) is 1. The fourth-order valence-corrected chi connectivity index (χ4v) is 1.95. The number of ether oxygens (including phenoxy) is 1. The lowest BCUT2D eigenvalue weighted by atomic mass is 10.1. The first kappa shape index (κ1) is 15.2. The maximum atomic E-state index is 11.9. The second kappa shape index (κ2) is 6.99. The Kier molecular flexibility index (Phi) is 5.05. The highest BCUT2D eigenvalue weighted by Crippen LogP contribution is 2.12. The number of rotatable bonds is 4. The standard InChI is InChI=1S/C15H13BrN2O3/c1-21-15(20)11-4-7-13(17-9-11)18-14(19)8-10-2-5-12(16)6-3-10/h2-7,9H,8H2,1H3,(H,17,18,19). The van der Waals surface area contributed by atoms with Gasteiger partial charge in [0.2, 0.25) is 5.91 Å². The molecule has 0 saturated heterocycles. The smallest absolute Gasteiger partial charge is 0.339 e. The first-order chi connectivity index (χ1) is 10.1. The van der Waals surface area contributed by atoms with Gasteiger partial charge < -0.3 is 10.1 Å². The van der Waals surface area contributed by atoms with E-state index in [9.17, 15) is 9.59 Å². The van der Waals surface area contributed by atoms with Crippen molar-refractivity contribution in [2.45, 2.75) is 6.42 Å². The van der Waals surface area contributed by atoms with Crippen LogP contribution in [0.4, 0.5) is 5.82 Å². The van der Waals surface area contributed by atoms with Crippen LogP contribution in [0.5, 0.6) is 0 Å². The van der Waals surface area contributed by atoms with Gasteiger partial charge in [-0.2, -0.15) is 0 Å². The summed E-state index contributed by atoms with van der Waals surface area (Å²) in [6, 6.07) is 10.6. The zero-order valence-electron chi connectivity index (χ0n) is 11.3. The lowest BCUT2D eigenvalue weighted by molar-refractivity contribution is -0.115. The Hall–Kier alpha value is -2.21. The Morgan fingerprint density at radius 3 is 2.48 bits per heavy atom. The molecule has 0 atom stereocenters. The molecule has 0 spiro atoms. The molecule has 0 bridgehead atoms. The highest BCUT2D eigenvalue weighted by atomic mass is 79.9. The number of benzene rings is 1. The number of carbonyl (C=O) groups excluding carboxylic acids is 2. The third-order valence-electron chi connectivity index (χ3n) is 2.73. The molecule has 0 fully saturated rings. The fourth-order valence-electron chi connectivity index (χ4n) is 1.68. The van der Waals surface area contributed by atoms with Crippen molar-refractivity contribution in [3.05, 3.63) is 58.2 Å². The summed E-state index contributed by atoms with van der Waals surface area (Å²) in [7, 11) is 1.30. The van der Waals surface area contributed by atoms with Gasteiger partial charge in [0.1, 0.15) is 5.82 Å². The summed E-state index contributed by atoms with van der Waals surface area (Å²) >= 11 is 3.34. The topological polar surface area (TPSA) is 68.3 Å². The Labute approximate surface area is 130 Å². The average molecular weight is 349 g/mol. The Morgan fingerprint density at radius 2 is 1.90 bits per heavy atom. The second-order valence-electron chi connectivity index (χ2n) is 4.28. The summed E-state index contributed by atoms with van der Waals surface area (Å²) in [6.45, 7) is 0. The van der Waals surface area contributed by atoms with Gasteiger partial charge in [0.05, 0.1) is 19.1 Å². The number of hydrogen-bond acceptors (Lipinski definition) is 4. The quantitative estimate of drug-likeness (QED) is 0.862. The van der Waals surface area contributed by atoms with Crippen molar-refractivity contribution in [2.24, 2.45) is 0 Å². The van der Waals surface area contributed by atoms with Crippen LogP contribution in [-0.2, 0) is 16.0 Å². The first-order valence-electron chi connectivity index (χ1n) is 6.17. The molecule has 0 aliphatic rings. The first-order valence-corrected chi connectivity index (χ1v) is 6.96. The predicted molar refractivity (Wildman–Crippen MR) is 82.1 cm³/mol. The number of pyridine rings is 1. The summed E-state index contributed by atoms with van der Waals surface area (Å²) in [5.74, 6) is -0.240. The molecule has 1 aromatic carbocycles. The van der Waals surface area contributed by atoms with Gasteiger partial charge in [-0.25, -0.2) is 9.78 Å². The van der Waals surface area contributed by atoms with Gasteiger partial charge >= 0.3 is 5.97 Å². The zero-order chi connectivity index (χ0) is 15.2. The Bertz CT molecular complexity index is 639. The van der Waals surface area contributed by atoms with Gasteiger partial charge in [-0.1, -0.05) is 28.1 Å². The minimum absolute atomic E-state index is 0.171. The molecule has 5 nitrogen and oxygen atoms in total. The molecule has 1 heterocycles. The van der Waals surface area contributed by atoms with E-state index in [2.05, 4.69) is 31.0 Å². The van der Waals surface area contributed by atoms with Gasteiger partial charge in [0, 0.05) is 10.7 Å². The minimum Gasteiger partial charge on any atom is -0.465 e. The summed E-state index contributed by atoms with van der Waals surface area (Å²) in [4.78, 5) is 27.2. The molecular weight excluding hydrogens is 336 g/mol. The number of methoxy groups -OCH3 is 1. The summed E-state index contributed by atoms with van der Waals surface area (Å²) in [5, 5.41) is 2.68. The van der Waals surface area contributed by atoms with Crippen molar-refractivity contribution >= 4 is 33.6 Å². The lowest BCUT2D eigenvalue weighted by Gasteiger charge is -2.05. The molecule has 0 radical (unpaired) electrons. The van der Waals surface area contributed by atoms with Crippen LogP contribution in [-0.4, -0.2) is 24.0 Å². The number of esters is 1. The second-order valence-corrected chi connectivity index (χ2v) is 5.19. The van der Waals surface area contributed by atoms with Crippen LogP contribution in [0, 0.1) is 0 Å². The van der Waals surface area contributed by atoms with Crippen molar-refractivity contribution in [1.29, 1.82) is 0 Å². The third kappa shape index (κ3) is 4.39. The maximum absolute atomic E-state index is 11.9. The van der Waals surface area contributed by atoms with E-state index in [4.69, 9.17) is 0 Å². The van der Waals surface area contributed by atoms with Crippen molar-refractivity contribution in [1.82, 2.24) is 4.98 Å². The Morgan fingerprint density at radius 1 is 1.19 bits per heavy atom. The van der Waals surface area contributed by atoms with Crippen LogP contribution < -0.4 is 5.32 Å². The monoisotopic (exact) mass is 348 g/mol. The Balaban J connectivity index is 1.96. The zero-order valence-corrected chi connectivity index (χ0v) is 12.9. The number of hydrogen-bond donors (Lipinski definition) is 1. The number of halogens is 1.